The van der Waals surface area contributed by atoms with Gasteiger partial charge in [0.1, 0.15) is 0 Å². The molecule has 0 spiro atoms. The van der Waals surface area contributed by atoms with Crippen LogP contribution in [0.15, 0.2) is 28.3 Å². The Bertz CT molecular complexity index is 240. The lowest BCUT2D eigenvalue weighted by Gasteiger charge is -1.97. The third kappa shape index (κ3) is 11.1. The normalized spacial score (nSPS) is 12.5. The number of aliphatic imine (C=N–C) groups is 1. The average Bonchev–Trinajstić information content (AvgIpc) is 2.11. The lowest BCUT2D eigenvalue weighted by Crippen LogP contribution is -1.91. The Balaban J connectivity index is 3.79. The average molecular weight is 207 g/mol. The van der Waals surface area contributed by atoms with Crippen LogP contribution >= 0.6 is 0 Å². The molecule has 0 aliphatic carbocycles. The van der Waals surface area contributed by atoms with Gasteiger partial charge >= 0.3 is 0 Å². The summed E-state index contributed by atoms with van der Waals surface area (Å²) in [6.45, 7) is 11.7. The minimum Gasteiger partial charge on any atom is -0.293 e. The summed E-state index contributed by atoms with van der Waals surface area (Å²) in [6, 6.07) is 0. The quantitative estimate of drug-likeness (QED) is 0.452. The van der Waals surface area contributed by atoms with Crippen LogP contribution in [-0.4, -0.2) is 12.8 Å². The van der Waals surface area contributed by atoms with Crippen molar-refractivity contribution in [3.05, 3.63) is 23.3 Å². The van der Waals surface area contributed by atoms with Gasteiger partial charge in [0, 0.05) is 12.8 Å². The van der Waals surface area contributed by atoms with E-state index in [1.807, 2.05) is 6.21 Å². The highest BCUT2D eigenvalue weighted by Crippen LogP contribution is 2.05. The summed E-state index contributed by atoms with van der Waals surface area (Å²) in [4.78, 5) is 4.34. The van der Waals surface area contributed by atoms with Crippen molar-refractivity contribution in [1.82, 2.24) is 0 Å². The first kappa shape index (κ1) is 14.2. The maximum atomic E-state index is 4.34. The van der Waals surface area contributed by atoms with Crippen LogP contribution in [0.4, 0.5) is 0 Å². The minimum atomic E-state index is 0.653. The number of rotatable bonds is 6. The van der Waals surface area contributed by atoms with Crippen LogP contribution in [0, 0.1) is 5.92 Å². The van der Waals surface area contributed by atoms with Gasteiger partial charge in [-0.1, -0.05) is 31.1 Å². The van der Waals surface area contributed by atoms with Crippen LogP contribution < -0.4 is 0 Å². The molecule has 0 atom stereocenters. The molecule has 86 valence electrons. The predicted molar refractivity (Wildman–Crippen MR) is 70.6 cm³/mol. The van der Waals surface area contributed by atoms with Gasteiger partial charge in [-0.2, -0.15) is 0 Å². The maximum Gasteiger partial charge on any atom is 0.0412 e. The Morgan fingerprint density at radius 2 is 1.87 bits per heavy atom. The van der Waals surface area contributed by atoms with Crippen molar-refractivity contribution in [3.63, 3.8) is 0 Å². The van der Waals surface area contributed by atoms with Gasteiger partial charge in [-0.3, -0.25) is 4.99 Å². The van der Waals surface area contributed by atoms with Gasteiger partial charge in [0.05, 0.1) is 0 Å². The van der Waals surface area contributed by atoms with Gasteiger partial charge in [-0.15, -0.1) is 0 Å². The molecule has 0 aromatic heterocycles. The van der Waals surface area contributed by atoms with E-state index in [1.54, 1.807) is 0 Å². The Morgan fingerprint density at radius 1 is 1.20 bits per heavy atom. The molecule has 0 aromatic carbocycles. The summed E-state index contributed by atoms with van der Waals surface area (Å²) in [7, 11) is 0. The standard InChI is InChI=1S/C14H25N/c1-12(2)7-6-8-14(5)9-10-15-11-13(3)4/h7,9-10,13H,6,8,11H2,1-5H3/b14-9+,15-10?. The first-order valence-corrected chi connectivity index (χ1v) is 5.81. The SMILES string of the molecule is CC(C)=CCC/C(C)=C/C=NCC(C)C. The minimum absolute atomic E-state index is 0.653. The van der Waals surface area contributed by atoms with Crippen molar-refractivity contribution < 1.29 is 0 Å². The second kappa shape index (κ2) is 8.46. The summed E-state index contributed by atoms with van der Waals surface area (Å²) < 4.78 is 0. The lowest BCUT2D eigenvalue weighted by atomic mass is 10.1. The highest BCUT2D eigenvalue weighted by molar-refractivity contribution is 5.71. The molecule has 0 aliphatic rings. The zero-order valence-corrected chi connectivity index (χ0v) is 10.9. The Hall–Kier alpha value is -0.850. The molecule has 0 rings (SSSR count). The van der Waals surface area contributed by atoms with E-state index in [0.717, 1.165) is 19.4 Å². The number of allylic oxidation sites excluding steroid dienone is 4. The molecule has 0 unspecified atom stereocenters. The predicted octanol–water partition coefficient (Wildman–Crippen LogP) is 4.41. The summed E-state index contributed by atoms with van der Waals surface area (Å²) >= 11 is 0. The molecule has 0 saturated carbocycles. The van der Waals surface area contributed by atoms with Crippen LogP contribution in [0.1, 0.15) is 47.5 Å². The van der Waals surface area contributed by atoms with E-state index >= 15 is 0 Å². The topological polar surface area (TPSA) is 12.4 Å². The lowest BCUT2D eigenvalue weighted by molar-refractivity contribution is 0.667. The van der Waals surface area contributed by atoms with E-state index in [2.05, 4.69) is 51.8 Å². The van der Waals surface area contributed by atoms with Crippen LogP contribution in [0.25, 0.3) is 0 Å². The van der Waals surface area contributed by atoms with Gasteiger partial charge in [0.25, 0.3) is 0 Å². The highest BCUT2D eigenvalue weighted by Gasteiger charge is 1.88. The Labute approximate surface area is 95.0 Å². The Kier molecular flexibility index (Phi) is 7.98. The largest absolute Gasteiger partial charge is 0.293 e. The first-order chi connectivity index (χ1) is 7.02. The van der Waals surface area contributed by atoms with E-state index in [-0.39, 0.29) is 0 Å². The molecule has 0 fully saturated rings. The summed E-state index contributed by atoms with van der Waals surface area (Å²) in [6.07, 6.45) is 8.63. The molecule has 1 heteroatoms. The molecule has 0 radical (unpaired) electrons. The van der Waals surface area contributed by atoms with E-state index in [4.69, 9.17) is 0 Å². The van der Waals surface area contributed by atoms with E-state index < -0.39 is 0 Å². The van der Waals surface area contributed by atoms with Crippen LogP contribution in [-0.2, 0) is 0 Å². The molecule has 0 N–H and O–H groups in total. The molecular formula is C14H25N. The maximum absolute atomic E-state index is 4.34. The molecule has 0 bridgehead atoms. The van der Waals surface area contributed by atoms with Crippen LogP contribution in [0.2, 0.25) is 0 Å². The van der Waals surface area contributed by atoms with E-state index in [9.17, 15) is 0 Å². The third-order valence-electron chi connectivity index (χ3n) is 2.03. The summed E-state index contributed by atoms with van der Waals surface area (Å²) in [5.41, 5.74) is 2.80. The third-order valence-corrected chi connectivity index (χ3v) is 2.03. The molecular weight excluding hydrogens is 182 g/mol. The molecule has 0 aromatic rings. The molecule has 1 nitrogen and oxygen atoms in total. The second-order valence-electron chi connectivity index (χ2n) is 4.74. The fraction of sp³-hybridized carbons (Fsp3) is 0.643. The van der Waals surface area contributed by atoms with Crippen molar-refractivity contribution in [2.45, 2.75) is 47.5 Å². The van der Waals surface area contributed by atoms with Gasteiger partial charge in [-0.25, -0.2) is 0 Å². The van der Waals surface area contributed by atoms with Gasteiger partial charge < -0.3 is 0 Å². The summed E-state index contributed by atoms with van der Waals surface area (Å²) in [5.74, 6) is 0.653. The zero-order chi connectivity index (χ0) is 11.7. The van der Waals surface area contributed by atoms with Crippen LogP contribution in [0.3, 0.4) is 0 Å². The second-order valence-corrected chi connectivity index (χ2v) is 4.74. The van der Waals surface area contributed by atoms with Crippen molar-refractivity contribution >= 4 is 6.21 Å². The zero-order valence-electron chi connectivity index (χ0n) is 10.9. The fourth-order valence-electron chi connectivity index (χ4n) is 1.12. The number of hydrogen-bond donors (Lipinski definition) is 0. The van der Waals surface area contributed by atoms with E-state index in [1.165, 1.54) is 11.1 Å². The summed E-state index contributed by atoms with van der Waals surface area (Å²) in [5, 5.41) is 0. The van der Waals surface area contributed by atoms with Gasteiger partial charge in [-0.05, 0) is 45.6 Å². The molecule has 0 amide bonds. The first-order valence-electron chi connectivity index (χ1n) is 5.81. The smallest absolute Gasteiger partial charge is 0.0412 e. The van der Waals surface area contributed by atoms with Crippen LogP contribution in [0.5, 0.6) is 0 Å². The van der Waals surface area contributed by atoms with Gasteiger partial charge in [0.15, 0.2) is 0 Å². The molecule has 0 aliphatic heterocycles. The monoisotopic (exact) mass is 207 g/mol. The van der Waals surface area contributed by atoms with Crippen molar-refractivity contribution in [2.24, 2.45) is 10.9 Å². The fourth-order valence-corrected chi connectivity index (χ4v) is 1.12. The van der Waals surface area contributed by atoms with E-state index in [0.29, 0.717) is 5.92 Å². The number of hydrogen-bond acceptors (Lipinski definition) is 1. The van der Waals surface area contributed by atoms with Crippen molar-refractivity contribution in [3.8, 4) is 0 Å². The van der Waals surface area contributed by atoms with Crippen molar-refractivity contribution in [2.75, 3.05) is 6.54 Å². The number of nitrogens with zero attached hydrogens (tertiary/aromatic N) is 1. The highest BCUT2D eigenvalue weighted by atomic mass is 14.7. The van der Waals surface area contributed by atoms with Crippen molar-refractivity contribution in [1.29, 1.82) is 0 Å². The Morgan fingerprint density at radius 3 is 2.40 bits per heavy atom. The van der Waals surface area contributed by atoms with Gasteiger partial charge in [0.2, 0.25) is 0 Å². The molecule has 15 heavy (non-hydrogen) atoms. The molecule has 0 saturated heterocycles. The molecule has 0 heterocycles.